The summed E-state index contributed by atoms with van der Waals surface area (Å²) in [5.74, 6) is -5.15. The van der Waals surface area contributed by atoms with Gasteiger partial charge in [0.2, 0.25) is 17.7 Å². The molecule has 0 fully saturated rings. The molecule has 0 aliphatic rings. The Morgan fingerprint density at radius 2 is 1.41 bits per heavy atom. The Bertz CT molecular complexity index is 623. The molecule has 0 aliphatic heterocycles. The quantitative estimate of drug-likeness (QED) is 0.183. The van der Waals surface area contributed by atoms with Crippen LogP contribution in [0.1, 0.15) is 40.5 Å². The summed E-state index contributed by atoms with van der Waals surface area (Å²) in [6.45, 7) is 6.09. The van der Waals surface area contributed by atoms with E-state index in [1.807, 2.05) is 0 Å². The fourth-order valence-corrected chi connectivity index (χ4v) is 2.31. The molecule has 12 nitrogen and oxygen atoms in total. The van der Waals surface area contributed by atoms with Gasteiger partial charge in [0.25, 0.3) is 0 Å². The smallest absolute Gasteiger partial charge is 0.328 e. The van der Waals surface area contributed by atoms with Crippen LogP contribution in [0.15, 0.2) is 0 Å². The van der Waals surface area contributed by atoms with E-state index in [0.29, 0.717) is 0 Å². The van der Waals surface area contributed by atoms with E-state index in [-0.39, 0.29) is 12.3 Å². The van der Waals surface area contributed by atoms with Gasteiger partial charge in [-0.25, -0.2) is 4.79 Å². The summed E-state index contributed by atoms with van der Waals surface area (Å²) in [4.78, 5) is 58.4. The van der Waals surface area contributed by atoms with Crippen molar-refractivity contribution < 1.29 is 39.3 Å². The second kappa shape index (κ2) is 12.0. The van der Waals surface area contributed by atoms with E-state index in [4.69, 9.17) is 15.9 Å². The largest absolute Gasteiger partial charge is 0.481 e. The second-order valence-electron chi connectivity index (χ2n) is 7.19. The summed E-state index contributed by atoms with van der Waals surface area (Å²) in [6.07, 6.45) is -1.81. The number of nitrogens with one attached hydrogen (secondary N) is 3. The normalized spacial score (nSPS) is 16.1. The van der Waals surface area contributed by atoms with Crippen molar-refractivity contribution in [1.82, 2.24) is 16.0 Å². The SMILES string of the molecule is CC(C)CC(NC(=O)C(C)NC(=O)C(N)CC(=O)O)C(=O)NC(C(=O)O)C(C)O. The highest BCUT2D eigenvalue weighted by molar-refractivity contribution is 5.94. The van der Waals surface area contributed by atoms with E-state index < -0.39 is 66.4 Å². The van der Waals surface area contributed by atoms with Gasteiger partial charge in [-0.05, 0) is 26.2 Å². The van der Waals surface area contributed by atoms with Gasteiger partial charge in [-0.1, -0.05) is 13.8 Å². The third kappa shape index (κ3) is 9.85. The number of amides is 3. The maximum absolute atomic E-state index is 12.4. The lowest BCUT2D eigenvalue weighted by atomic mass is 10.0. The molecule has 0 radical (unpaired) electrons. The van der Waals surface area contributed by atoms with Crippen LogP contribution in [-0.4, -0.2) is 75.3 Å². The van der Waals surface area contributed by atoms with Gasteiger partial charge in [-0.15, -0.1) is 0 Å². The van der Waals surface area contributed by atoms with Crippen LogP contribution in [0.4, 0.5) is 0 Å². The maximum atomic E-state index is 12.4. The summed E-state index contributed by atoms with van der Waals surface area (Å²) in [7, 11) is 0. The fraction of sp³-hybridized carbons (Fsp3) is 0.706. The summed E-state index contributed by atoms with van der Waals surface area (Å²) in [5, 5.41) is 34.1. The van der Waals surface area contributed by atoms with E-state index in [2.05, 4.69) is 16.0 Å². The van der Waals surface area contributed by atoms with Crippen molar-refractivity contribution in [3.8, 4) is 0 Å². The van der Waals surface area contributed by atoms with Crippen LogP contribution in [0, 0.1) is 5.92 Å². The molecule has 8 N–H and O–H groups in total. The Morgan fingerprint density at radius 3 is 1.83 bits per heavy atom. The summed E-state index contributed by atoms with van der Waals surface area (Å²) in [5.41, 5.74) is 5.43. The zero-order chi connectivity index (χ0) is 22.9. The van der Waals surface area contributed by atoms with E-state index in [0.717, 1.165) is 0 Å². The van der Waals surface area contributed by atoms with Gasteiger partial charge >= 0.3 is 11.9 Å². The third-order valence-electron chi connectivity index (χ3n) is 3.87. The first-order valence-electron chi connectivity index (χ1n) is 9.05. The molecule has 0 aromatic heterocycles. The van der Waals surface area contributed by atoms with Gasteiger partial charge in [-0.3, -0.25) is 19.2 Å². The molecular weight excluding hydrogens is 388 g/mol. The highest BCUT2D eigenvalue weighted by Gasteiger charge is 2.31. The van der Waals surface area contributed by atoms with Crippen LogP contribution in [0.5, 0.6) is 0 Å². The van der Waals surface area contributed by atoms with Gasteiger partial charge in [0.05, 0.1) is 18.6 Å². The minimum atomic E-state index is -1.56. The molecule has 166 valence electrons. The number of hydrogen-bond donors (Lipinski definition) is 7. The van der Waals surface area contributed by atoms with Crippen molar-refractivity contribution in [2.45, 2.75) is 70.8 Å². The number of rotatable bonds is 12. The Kier molecular flexibility index (Phi) is 10.8. The minimum Gasteiger partial charge on any atom is -0.481 e. The predicted molar refractivity (Wildman–Crippen MR) is 100 cm³/mol. The third-order valence-corrected chi connectivity index (χ3v) is 3.87. The molecule has 29 heavy (non-hydrogen) atoms. The number of aliphatic hydroxyl groups is 1. The van der Waals surface area contributed by atoms with Crippen molar-refractivity contribution >= 4 is 29.7 Å². The van der Waals surface area contributed by atoms with Gasteiger partial charge in [0.1, 0.15) is 12.1 Å². The molecular formula is C17H30N4O8. The average Bonchev–Trinajstić information content (AvgIpc) is 2.56. The Hall–Kier alpha value is -2.73. The van der Waals surface area contributed by atoms with E-state index in [1.165, 1.54) is 13.8 Å². The number of carbonyl (C=O) groups excluding carboxylic acids is 3. The maximum Gasteiger partial charge on any atom is 0.328 e. The number of carboxylic acid groups (broad SMARTS) is 2. The van der Waals surface area contributed by atoms with Crippen LogP contribution in [0.3, 0.4) is 0 Å². The summed E-state index contributed by atoms with van der Waals surface area (Å²) in [6, 6.07) is -5.15. The number of aliphatic carboxylic acids is 2. The monoisotopic (exact) mass is 418 g/mol. The summed E-state index contributed by atoms with van der Waals surface area (Å²) >= 11 is 0. The van der Waals surface area contributed by atoms with Crippen LogP contribution in [0.2, 0.25) is 0 Å². The molecule has 3 amide bonds. The number of hydrogen-bond acceptors (Lipinski definition) is 7. The topological polar surface area (TPSA) is 208 Å². The molecule has 5 atom stereocenters. The van der Waals surface area contributed by atoms with Crippen molar-refractivity contribution in [2.75, 3.05) is 0 Å². The lowest BCUT2D eigenvalue weighted by Gasteiger charge is -2.25. The average molecular weight is 418 g/mol. The number of carbonyl (C=O) groups is 5. The lowest BCUT2D eigenvalue weighted by Crippen LogP contribution is -2.58. The Balaban J connectivity index is 5.10. The predicted octanol–water partition coefficient (Wildman–Crippen LogP) is -2.23. The van der Waals surface area contributed by atoms with Gasteiger partial charge < -0.3 is 37.0 Å². The molecule has 0 aliphatic carbocycles. The Morgan fingerprint density at radius 1 is 0.862 bits per heavy atom. The molecule has 0 bridgehead atoms. The molecule has 12 heteroatoms. The van der Waals surface area contributed by atoms with Crippen molar-refractivity contribution in [3.63, 3.8) is 0 Å². The van der Waals surface area contributed by atoms with Crippen LogP contribution >= 0.6 is 0 Å². The first-order valence-corrected chi connectivity index (χ1v) is 9.05. The van der Waals surface area contributed by atoms with Crippen molar-refractivity contribution in [3.05, 3.63) is 0 Å². The molecule has 5 unspecified atom stereocenters. The number of aliphatic hydroxyl groups excluding tert-OH is 1. The van der Waals surface area contributed by atoms with Crippen LogP contribution in [0.25, 0.3) is 0 Å². The molecule has 0 aromatic rings. The fourth-order valence-electron chi connectivity index (χ4n) is 2.31. The molecule has 0 spiro atoms. The summed E-state index contributed by atoms with van der Waals surface area (Å²) < 4.78 is 0. The zero-order valence-electron chi connectivity index (χ0n) is 16.8. The van der Waals surface area contributed by atoms with Crippen molar-refractivity contribution in [1.29, 1.82) is 0 Å². The molecule has 0 heterocycles. The standard InChI is InChI=1S/C17H30N4O8/c1-7(2)5-11(16(27)21-13(9(4)22)17(28)29)20-14(25)8(3)19-15(26)10(18)6-12(23)24/h7-11,13,22H,5-6,18H2,1-4H3,(H,19,26)(H,20,25)(H,21,27)(H,23,24)(H,28,29). The second-order valence-corrected chi connectivity index (χ2v) is 7.19. The number of nitrogens with two attached hydrogens (primary N) is 1. The zero-order valence-corrected chi connectivity index (χ0v) is 16.8. The number of carboxylic acids is 2. The lowest BCUT2D eigenvalue weighted by molar-refractivity contribution is -0.145. The highest BCUT2D eigenvalue weighted by atomic mass is 16.4. The van der Waals surface area contributed by atoms with Crippen molar-refractivity contribution in [2.24, 2.45) is 11.7 Å². The molecule has 0 aromatic carbocycles. The van der Waals surface area contributed by atoms with E-state index in [1.54, 1.807) is 13.8 Å². The van der Waals surface area contributed by atoms with E-state index in [9.17, 15) is 29.1 Å². The van der Waals surface area contributed by atoms with E-state index >= 15 is 0 Å². The molecule has 0 saturated carbocycles. The molecule has 0 rings (SSSR count). The first-order chi connectivity index (χ1) is 13.3. The van der Waals surface area contributed by atoms with Gasteiger partial charge in [-0.2, -0.15) is 0 Å². The first kappa shape index (κ1) is 26.3. The Labute approximate surface area is 168 Å². The molecule has 0 saturated heterocycles. The minimum absolute atomic E-state index is 0.0465. The van der Waals surface area contributed by atoms with Gasteiger partial charge in [0, 0.05) is 0 Å². The van der Waals surface area contributed by atoms with Crippen LogP contribution in [-0.2, 0) is 24.0 Å². The van der Waals surface area contributed by atoms with Gasteiger partial charge in [0.15, 0.2) is 6.04 Å². The van der Waals surface area contributed by atoms with Crippen LogP contribution < -0.4 is 21.7 Å². The highest BCUT2D eigenvalue weighted by Crippen LogP contribution is 2.07.